The molecule has 0 spiro atoms. The lowest BCUT2D eigenvalue weighted by Crippen LogP contribution is -2.37. The molecule has 1 aliphatic rings. The number of amides is 2. The third-order valence-electron chi connectivity index (χ3n) is 4.80. The van der Waals surface area contributed by atoms with E-state index in [-0.39, 0.29) is 41.6 Å². The van der Waals surface area contributed by atoms with E-state index in [2.05, 4.69) is 5.32 Å². The van der Waals surface area contributed by atoms with Gasteiger partial charge in [-0.3, -0.25) is 24.5 Å². The number of Topliss-reactive ketones (excluding diaryl/α,β-unsaturated/α-hetero) is 1. The van der Waals surface area contributed by atoms with Crippen molar-refractivity contribution >= 4 is 40.6 Å². The molecule has 2 amide bonds. The van der Waals surface area contributed by atoms with E-state index in [1.54, 1.807) is 0 Å². The quantitative estimate of drug-likeness (QED) is 0.232. The third-order valence-corrected chi connectivity index (χ3v) is 5.06. The van der Waals surface area contributed by atoms with Crippen LogP contribution in [0.4, 0.5) is 5.69 Å². The van der Waals surface area contributed by atoms with Crippen molar-refractivity contribution < 1.29 is 24.4 Å². The minimum atomic E-state index is -0.981. The molecule has 1 aliphatic heterocycles. The predicted octanol–water partition coefficient (Wildman–Crippen LogP) is 2.81. The maximum Gasteiger partial charge on any atom is 0.295 e. The first kappa shape index (κ1) is 22.0. The Hall–Kier alpha value is -3.72. The van der Waals surface area contributed by atoms with Gasteiger partial charge in [-0.05, 0) is 42.0 Å². The number of carbonyl (C=O) groups is 3. The zero-order chi connectivity index (χ0) is 22.7. The summed E-state index contributed by atoms with van der Waals surface area (Å²) in [7, 11) is 0. The van der Waals surface area contributed by atoms with Crippen LogP contribution < -0.4 is 5.32 Å². The van der Waals surface area contributed by atoms with E-state index in [1.807, 2.05) is 0 Å². The summed E-state index contributed by atoms with van der Waals surface area (Å²) in [6.07, 6.45) is 0. The van der Waals surface area contributed by atoms with E-state index in [1.165, 1.54) is 60.4 Å². The summed E-state index contributed by atoms with van der Waals surface area (Å²) in [5, 5.41) is 24.8. The molecule has 1 unspecified atom stereocenters. The zero-order valence-electron chi connectivity index (χ0n) is 16.4. The van der Waals surface area contributed by atoms with Gasteiger partial charge in [0.2, 0.25) is 5.91 Å². The van der Waals surface area contributed by atoms with Gasteiger partial charge in [-0.1, -0.05) is 11.6 Å². The second-order valence-corrected chi connectivity index (χ2v) is 7.27. The van der Waals surface area contributed by atoms with E-state index < -0.39 is 22.7 Å². The molecule has 160 valence electrons. The largest absolute Gasteiger partial charge is 0.507 e. The number of carbonyl (C=O) groups excluding carboxylic acids is 3. The molecule has 31 heavy (non-hydrogen) atoms. The van der Waals surface area contributed by atoms with Crippen LogP contribution in [-0.2, 0) is 14.4 Å². The Bertz CT molecular complexity index is 1080. The molecule has 10 heteroatoms. The topological polar surface area (TPSA) is 130 Å². The van der Waals surface area contributed by atoms with Gasteiger partial charge in [0.05, 0.1) is 16.5 Å². The summed E-state index contributed by atoms with van der Waals surface area (Å²) in [5.41, 5.74) is 0.389. The number of aliphatic hydroxyl groups is 1. The predicted molar refractivity (Wildman–Crippen MR) is 112 cm³/mol. The summed E-state index contributed by atoms with van der Waals surface area (Å²) in [6, 6.07) is 10.5. The first-order valence-corrected chi connectivity index (χ1v) is 9.61. The maximum absolute atomic E-state index is 12.8. The van der Waals surface area contributed by atoms with Crippen LogP contribution in [0, 0.1) is 10.1 Å². The SMILES string of the molecule is CC(=O)NCCN1C(=O)C(=O)C(=C(O)c2ccc(Cl)cc2)C1c1ccc([N+](=O)[O-])cc1. The fourth-order valence-electron chi connectivity index (χ4n) is 3.35. The van der Waals surface area contributed by atoms with Crippen molar-refractivity contribution in [3.05, 3.63) is 80.4 Å². The van der Waals surface area contributed by atoms with Gasteiger partial charge < -0.3 is 15.3 Å². The number of hydrogen-bond acceptors (Lipinski definition) is 6. The molecule has 0 aliphatic carbocycles. The molecular formula is C21H18ClN3O6. The van der Waals surface area contributed by atoms with Crippen LogP contribution in [0.1, 0.15) is 24.1 Å². The molecule has 3 rings (SSSR count). The molecule has 0 aromatic heterocycles. The van der Waals surface area contributed by atoms with E-state index in [9.17, 15) is 29.6 Å². The Morgan fingerprint density at radius 2 is 1.77 bits per heavy atom. The monoisotopic (exact) mass is 443 g/mol. The Morgan fingerprint density at radius 1 is 1.16 bits per heavy atom. The number of hydrogen-bond donors (Lipinski definition) is 2. The Balaban J connectivity index is 2.10. The van der Waals surface area contributed by atoms with Gasteiger partial charge in [0.25, 0.3) is 17.4 Å². The van der Waals surface area contributed by atoms with Crippen molar-refractivity contribution in [2.24, 2.45) is 0 Å². The lowest BCUT2D eigenvalue weighted by atomic mass is 9.95. The highest BCUT2D eigenvalue weighted by atomic mass is 35.5. The number of aliphatic hydroxyl groups excluding tert-OH is 1. The molecule has 9 nitrogen and oxygen atoms in total. The standard InChI is InChI=1S/C21H18ClN3O6/c1-12(26)23-10-11-24-18(13-4-8-16(9-5-13)25(30)31)17(20(28)21(24)29)19(27)14-2-6-15(22)7-3-14/h2-9,18,27H,10-11H2,1H3,(H,23,26). The van der Waals surface area contributed by atoms with E-state index >= 15 is 0 Å². The van der Waals surface area contributed by atoms with Gasteiger partial charge in [-0.2, -0.15) is 0 Å². The lowest BCUT2D eigenvalue weighted by molar-refractivity contribution is -0.384. The number of ketones is 1. The lowest BCUT2D eigenvalue weighted by Gasteiger charge is -2.25. The molecule has 1 heterocycles. The maximum atomic E-state index is 12.8. The van der Waals surface area contributed by atoms with Crippen LogP contribution >= 0.6 is 11.6 Å². The molecule has 1 atom stereocenters. The smallest absolute Gasteiger partial charge is 0.295 e. The first-order valence-electron chi connectivity index (χ1n) is 9.24. The van der Waals surface area contributed by atoms with E-state index in [4.69, 9.17) is 11.6 Å². The molecule has 1 saturated heterocycles. The van der Waals surface area contributed by atoms with Crippen LogP contribution in [0.5, 0.6) is 0 Å². The van der Waals surface area contributed by atoms with Gasteiger partial charge in [0.15, 0.2) is 0 Å². The highest BCUT2D eigenvalue weighted by Gasteiger charge is 2.45. The molecule has 0 saturated carbocycles. The van der Waals surface area contributed by atoms with E-state index in [0.717, 1.165) is 0 Å². The number of non-ortho nitro benzene ring substituents is 1. The number of halogens is 1. The second kappa shape index (κ2) is 8.97. The van der Waals surface area contributed by atoms with Crippen molar-refractivity contribution in [1.82, 2.24) is 10.2 Å². The Labute approximate surface area is 182 Å². The van der Waals surface area contributed by atoms with Gasteiger partial charge >= 0.3 is 0 Å². The third kappa shape index (κ3) is 4.56. The summed E-state index contributed by atoms with van der Waals surface area (Å²) < 4.78 is 0. The van der Waals surface area contributed by atoms with Crippen LogP contribution in [0.2, 0.25) is 5.02 Å². The van der Waals surface area contributed by atoms with Gasteiger partial charge in [0.1, 0.15) is 5.76 Å². The molecule has 2 aromatic rings. The zero-order valence-corrected chi connectivity index (χ0v) is 17.1. The van der Waals surface area contributed by atoms with Crippen molar-refractivity contribution in [1.29, 1.82) is 0 Å². The Morgan fingerprint density at radius 3 is 2.32 bits per heavy atom. The number of likely N-dealkylation sites (tertiary alicyclic amines) is 1. The first-order chi connectivity index (χ1) is 14.7. The molecule has 2 N–H and O–H groups in total. The summed E-state index contributed by atoms with van der Waals surface area (Å²) in [5.74, 6) is -2.42. The van der Waals surface area contributed by atoms with Crippen molar-refractivity contribution in [3.8, 4) is 0 Å². The van der Waals surface area contributed by atoms with Crippen LogP contribution in [0.15, 0.2) is 54.1 Å². The number of nitrogens with one attached hydrogen (secondary N) is 1. The average molecular weight is 444 g/mol. The molecule has 2 aromatic carbocycles. The number of nitro groups is 1. The van der Waals surface area contributed by atoms with Crippen molar-refractivity contribution in [2.75, 3.05) is 13.1 Å². The normalized spacial score (nSPS) is 17.6. The summed E-state index contributed by atoms with van der Waals surface area (Å²) in [6.45, 7) is 1.42. The molecule has 0 bridgehead atoms. The fraction of sp³-hybridized carbons (Fsp3) is 0.190. The summed E-state index contributed by atoms with van der Waals surface area (Å²) in [4.78, 5) is 48.4. The van der Waals surface area contributed by atoms with Gasteiger partial charge in [0, 0.05) is 42.7 Å². The van der Waals surface area contributed by atoms with E-state index in [0.29, 0.717) is 10.6 Å². The number of nitro benzene ring substituents is 1. The Kier molecular flexibility index (Phi) is 6.36. The van der Waals surface area contributed by atoms with Gasteiger partial charge in [-0.15, -0.1) is 0 Å². The average Bonchev–Trinajstić information content (AvgIpc) is 2.98. The minimum absolute atomic E-state index is 0.00318. The van der Waals surface area contributed by atoms with Gasteiger partial charge in [-0.25, -0.2) is 0 Å². The number of rotatable bonds is 6. The van der Waals surface area contributed by atoms with Crippen molar-refractivity contribution in [2.45, 2.75) is 13.0 Å². The highest BCUT2D eigenvalue weighted by molar-refractivity contribution is 6.46. The van der Waals surface area contributed by atoms with Crippen LogP contribution in [0.3, 0.4) is 0 Å². The molecule has 1 fully saturated rings. The molecular weight excluding hydrogens is 426 g/mol. The summed E-state index contributed by atoms with van der Waals surface area (Å²) >= 11 is 5.88. The van der Waals surface area contributed by atoms with Crippen molar-refractivity contribution in [3.63, 3.8) is 0 Å². The molecule has 0 radical (unpaired) electrons. The highest BCUT2D eigenvalue weighted by Crippen LogP contribution is 2.39. The second-order valence-electron chi connectivity index (χ2n) is 6.83. The van der Waals surface area contributed by atoms with Crippen LogP contribution in [-0.4, -0.2) is 45.6 Å². The van der Waals surface area contributed by atoms with Crippen LogP contribution in [0.25, 0.3) is 5.76 Å². The number of nitrogens with zero attached hydrogens (tertiary/aromatic N) is 2. The fourth-order valence-corrected chi connectivity index (χ4v) is 3.48. The number of benzene rings is 2. The minimum Gasteiger partial charge on any atom is -0.507 e.